The highest BCUT2D eigenvalue weighted by Crippen LogP contribution is 2.30. The van der Waals surface area contributed by atoms with Crippen LogP contribution in [0.25, 0.3) is 22.1 Å². The van der Waals surface area contributed by atoms with Gasteiger partial charge in [0.05, 0.1) is 30.2 Å². The number of carbonyl (C=O) groups is 1. The Morgan fingerprint density at radius 2 is 1.65 bits per heavy atom. The van der Waals surface area contributed by atoms with Crippen molar-refractivity contribution in [1.29, 1.82) is 0 Å². The number of rotatable bonds is 7. The van der Waals surface area contributed by atoms with E-state index < -0.39 is 43.3 Å². The second kappa shape index (κ2) is 11.4. The molecule has 1 aliphatic heterocycles. The molecule has 11 nitrogen and oxygen atoms in total. The number of aliphatic hydroxyl groups excluding tert-OH is 3. The number of phenolic OH excluding ortho intramolecular Hbond substituents is 1. The molecule has 1 aliphatic rings. The van der Waals surface area contributed by atoms with E-state index in [0.717, 1.165) is 0 Å². The third-order valence-corrected chi connectivity index (χ3v) is 6.57. The summed E-state index contributed by atoms with van der Waals surface area (Å²) in [6.07, 6.45) is -6.08. The lowest BCUT2D eigenvalue weighted by Gasteiger charge is -2.41. The van der Waals surface area contributed by atoms with Crippen LogP contribution in [-0.4, -0.2) is 70.8 Å². The molecule has 0 aliphatic carbocycles. The van der Waals surface area contributed by atoms with Crippen molar-refractivity contribution in [2.45, 2.75) is 30.7 Å². The summed E-state index contributed by atoms with van der Waals surface area (Å²) in [5.41, 5.74) is 0.999. The highest BCUT2D eigenvalue weighted by molar-refractivity contribution is 5.89. The highest BCUT2D eigenvalue weighted by atomic mass is 16.7. The van der Waals surface area contributed by atoms with Crippen molar-refractivity contribution in [1.82, 2.24) is 0 Å². The summed E-state index contributed by atoms with van der Waals surface area (Å²) in [6.45, 7) is -0.641. The molecular weight excluding hydrogens is 524 g/mol. The van der Waals surface area contributed by atoms with Crippen molar-refractivity contribution < 1.29 is 48.6 Å². The van der Waals surface area contributed by atoms with Gasteiger partial charge in [0.25, 0.3) is 0 Å². The van der Waals surface area contributed by atoms with Crippen LogP contribution in [0.15, 0.2) is 82.2 Å². The lowest BCUT2D eigenvalue weighted by atomic mass is 9.99. The van der Waals surface area contributed by atoms with E-state index in [1.165, 1.54) is 48.7 Å². The molecule has 11 heteroatoms. The Balaban J connectivity index is 1.41. The van der Waals surface area contributed by atoms with Crippen molar-refractivity contribution in [2.24, 2.45) is 0 Å². The molecule has 208 valence electrons. The summed E-state index contributed by atoms with van der Waals surface area (Å²) >= 11 is 0. The molecule has 1 saturated heterocycles. The quantitative estimate of drug-likeness (QED) is 0.249. The van der Waals surface area contributed by atoms with E-state index >= 15 is 0 Å². The summed E-state index contributed by atoms with van der Waals surface area (Å²) in [5, 5.41) is 40.4. The van der Waals surface area contributed by atoms with Gasteiger partial charge in [-0.2, -0.15) is 0 Å². The summed E-state index contributed by atoms with van der Waals surface area (Å²) in [6, 6.07) is 16.6. The molecule has 0 saturated carbocycles. The van der Waals surface area contributed by atoms with Crippen molar-refractivity contribution in [3.05, 3.63) is 88.8 Å². The number of carbonyl (C=O) groups excluding carboxylic acids is 1. The third kappa shape index (κ3) is 5.36. The number of methoxy groups -OCH3 is 1. The van der Waals surface area contributed by atoms with Crippen molar-refractivity contribution >= 4 is 16.9 Å². The molecule has 40 heavy (non-hydrogen) atoms. The monoisotopic (exact) mass is 550 g/mol. The fourth-order valence-corrected chi connectivity index (χ4v) is 4.35. The van der Waals surface area contributed by atoms with E-state index in [4.69, 9.17) is 23.4 Å². The second-order valence-corrected chi connectivity index (χ2v) is 9.11. The van der Waals surface area contributed by atoms with E-state index in [1.54, 1.807) is 31.4 Å². The molecule has 0 amide bonds. The molecule has 4 aromatic rings. The maximum absolute atomic E-state index is 13.2. The van der Waals surface area contributed by atoms with Gasteiger partial charge in [-0.15, -0.1) is 0 Å². The Hall–Kier alpha value is -4.42. The highest BCUT2D eigenvalue weighted by Gasteiger charge is 2.48. The first-order valence-corrected chi connectivity index (χ1v) is 12.3. The minimum Gasteiger partial charge on any atom is -0.508 e. The number of hydrogen-bond donors (Lipinski definition) is 4. The molecule has 2 heterocycles. The Bertz CT molecular complexity index is 1550. The van der Waals surface area contributed by atoms with Gasteiger partial charge in [-0.1, -0.05) is 12.1 Å². The first-order valence-electron chi connectivity index (χ1n) is 12.3. The van der Waals surface area contributed by atoms with Crippen LogP contribution < -0.4 is 14.9 Å². The predicted molar refractivity (Wildman–Crippen MR) is 140 cm³/mol. The zero-order valence-electron chi connectivity index (χ0n) is 21.2. The Morgan fingerprint density at radius 1 is 0.950 bits per heavy atom. The van der Waals surface area contributed by atoms with Gasteiger partial charge in [0, 0.05) is 6.07 Å². The lowest BCUT2D eigenvalue weighted by Crippen LogP contribution is -2.61. The molecular formula is C29H26O11. The number of aliphatic hydroxyl groups is 3. The summed E-state index contributed by atoms with van der Waals surface area (Å²) in [5.74, 6) is -0.136. The fourth-order valence-electron chi connectivity index (χ4n) is 4.35. The molecule has 4 N–H and O–H groups in total. The van der Waals surface area contributed by atoms with Gasteiger partial charge in [0.15, 0.2) is 11.5 Å². The van der Waals surface area contributed by atoms with Crippen LogP contribution in [0.1, 0.15) is 10.4 Å². The van der Waals surface area contributed by atoms with Crippen LogP contribution in [0.3, 0.4) is 0 Å². The molecule has 0 radical (unpaired) electrons. The van der Waals surface area contributed by atoms with Crippen LogP contribution in [0.5, 0.6) is 17.2 Å². The smallest absolute Gasteiger partial charge is 0.338 e. The van der Waals surface area contributed by atoms with E-state index in [9.17, 15) is 30.0 Å². The average Bonchev–Trinajstić information content (AvgIpc) is 2.97. The zero-order chi connectivity index (χ0) is 28.4. The fraction of sp³-hybridized carbons (Fsp3) is 0.241. The normalized spacial score (nSPS) is 22.6. The number of fused-ring (bicyclic) bond motifs is 1. The van der Waals surface area contributed by atoms with E-state index in [1.807, 2.05) is 0 Å². The Labute approximate surface area is 227 Å². The van der Waals surface area contributed by atoms with Gasteiger partial charge in [0.1, 0.15) is 47.4 Å². The molecule has 1 aromatic heterocycles. The summed E-state index contributed by atoms with van der Waals surface area (Å²) in [4.78, 5) is 25.9. The van der Waals surface area contributed by atoms with Crippen molar-refractivity contribution in [3.8, 4) is 28.4 Å². The molecule has 5 atom stereocenters. The van der Waals surface area contributed by atoms with E-state index in [0.29, 0.717) is 16.9 Å². The van der Waals surface area contributed by atoms with E-state index in [2.05, 4.69) is 0 Å². The van der Waals surface area contributed by atoms with Crippen LogP contribution >= 0.6 is 0 Å². The maximum atomic E-state index is 13.2. The van der Waals surface area contributed by atoms with Gasteiger partial charge < -0.3 is 43.8 Å². The van der Waals surface area contributed by atoms with Crippen molar-refractivity contribution in [3.63, 3.8) is 0 Å². The van der Waals surface area contributed by atoms with Crippen LogP contribution in [0.4, 0.5) is 0 Å². The maximum Gasteiger partial charge on any atom is 0.338 e. The van der Waals surface area contributed by atoms with Crippen molar-refractivity contribution in [2.75, 3.05) is 13.7 Å². The van der Waals surface area contributed by atoms with Gasteiger partial charge in [-0.05, 0) is 54.1 Å². The van der Waals surface area contributed by atoms with Crippen LogP contribution in [0.2, 0.25) is 0 Å². The summed E-state index contributed by atoms with van der Waals surface area (Å²) in [7, 11) is 1.55. The summed E-state index contributed by atoms with van der Waals surface area (Å²) < 4.78 is 27.8. The van der Waals surface area contributed by atoms with Gasteiger partial charge in [-0.3, -0.25) is 4.79 Å². The minimum absolute atomic E-state index is 0.0564. The number of ether oxygens (including phenoxy) is 4. The molecule has 3 aromatic carbocycles. The number of benzene rings is 3. The Morgan fingerprint density at radius 3 is 2.33 bits per heavy atom. The number of hydrogen-bond acceptors (Lipinski definition) is 11. The lowest BCUT2D eigenvalue weighted by molar-refractivity contribution is -0.276. The average molecular weight is 551 g/mol. The molecule has 5 rings (SSSR count). The van der Waals surface area contributed by atoms with Gasteiger partial charge in [-0.25, -0.2) is 4.79 Å². The zero-order valence-corrected chi connectivity index (χ0v) is 21.2. The first-order chi connectivity index (χ1) is 19.3. The molecule has 0 bridgehead atoms. The molecule has 0 unspecified atom stereocenters. The molecule has 1 fully saturated rings. The van der Waals surface area contributed by atoms with Gasteiger partial charge >= 0.3 is 5.97 Å². The third-order valence-electron chi connectivity index (χ3n) is 6.57. The SMILES string of the molecule is COc1ccc(-c2coc3cc(O[C@@H]4O[C@@H](CO)[C@H](O)[C@@H](O)[C@@H]4OC(=O)c4ccc(O)cc4)ccc3c2=O)cc1. The number of esters is 1. The topological polar surface area (TPSA) is 165 Å². The second-order valence-electron chi connectivity index (χ2n) is 9.11. The minimum atomic E-state index is -1.66. The number of phenols is 1. The van der Waals surface area contributed by atoms with E-state index in [-0.39, 0.29) is 33.5 Å². The van der Waals surface area contributed by atoms with Gasteiger partial charge in [0.2, 0.25) is 6.29 Å². The van der Waals surface area contributed by atoms with Crippen LogP contribution in [0, 0.1) is 0 Å². The number of aromatic hydroxyl groups is 1. The standard InChI is InChI=1S/C29H26O11/c1-36-18-8-4-15(5-9-18)21-14-37-22-12-19(10-11-20(22)24(21)32)38-29-27(26(34)25(33)23(13-30)39-29)40-28(35)16-2-6-17(31)7-3-16/h2-12,14,23,25-27,29-31,33-34H,13H2,1H3/t23-,25-,26+,27-,29+/m0/s1. The Kier molecular flexibility index (Phi) is 7.71. The largest absolute Gasteiger partial charge is 0.508 e. The molecule has 0 spiro atoms. The predicted octanol–water partition coefficient (Wildman–Crippen LogP) is 2.22. The van der Waals surface area contributed by atoms with Crippen LogP contribution in [-0.2, 0) is 9.47 Å². The first kappa shape index (κ1) is 27.2.